The Morgan fingerprint density at radius 2 is 1.66 bits per heavy atom. The molecule has 1 aliphatic rings. The van der Waals surface area contributed by atoms with Crippen molar-refractivity contribution >= 4 is 49.8 Å². The Balaban J connectivity index is 1.43. The van der Waals surface area contributed by atoms with Gasteiger partial charge in [-0.3, -0.25) is 9.59 Å². The molecule has 2 aromatic carbocycles. The van der Waals surface area contributed by atoms with Crippen LogP contribution in [0.15, 0.2) is 82.7 Å². The van der Waals surface area contributed by atoms with Crippen molar-refractivity contribution in [2.24, 2.45) is 0 Å². The smallest absolute Gasteiger partial charge is 0.258 e. The van der Waals surface area contributed by atoms with Crippen LogP contribution in [-0.4, -0.2) is 54.4 Å². The summed E-state index contributed by atoms with van der Waals surface area (Å²) in [5.41, 5.74) is -0.0760. The molecule has 1 amide bonds. The van der Waals surface area contributed by atoms with Crippen molar-refractivity contribution in [3.05, 3.63) is 94.3 Å². The molecule has 5 rings (SSSR count). The Kier molecular flexibility index (Phi) is 7.15. The molecule has 1 saturated heterocycles. The summed E-state index contributed by atoms with van der Waals surface area (Å²) in [6.45, 7) is 0.444. The van der Waals surface area contributed by atoms with Gasteiger partial charge in [-0.15, -0.1) is 0 Å². The van der Waals surface area contributed by atoms with E-state index in [1.165, 1.54) is 34.9 Å². The van der Waals surface area contributed by atoms with Gasteiger partial charge >= 0.3 is 0 Å². The minimum atomic E-state index is -4.05. The lowest BCUT2D eigenvalue weighted by Crippen LogP contribution is -2.49. The van der Waals surface area contributed by atoms with E-state index >= 15 is 0 Å². The monoisotopic (exact) mass is 555 g/mol. The molecule has 3 heterocycles. The van der Waals surface area contributed by atoms with E-state index in [9.17, 15) is 22.4 Å². The number of halogens is 2. The van der Waals surface area contributed by atoms with E-state index in [0.717, 1.165) is 4.57 Å². The van der Waals surface area contributed by atoms with Gasteiger partial charge in [-0.05, 0) is 30.3 Å². The van der Waals surface area contributed by atoms with Crippen LogP contribution < -0.4 is 15.8 Å². The summed E-state index contributed by atoms with van der Waals surface area (Å²) < 4.78 is 44.2. The molecular formula is C26H23ClFN5O4S. The fourth-order valence-electron chi connectivity index (χ4n) is 4.44. The number of carbonyl (C=O) groups is 1. The SMILES string of the molecule is O=C(Cn1cc(S(=O)(=O)N2CCN(c3ccccc3F)CC2)c2ccccc2c1=O)Nc1ccc(Cl)cn1. The third-order valence-corrected chi connectivity index (χ3v) is 8.47. The van der Waals surface area contributed by atoms with Gasteiger partial charge in [-0.1, -0.05) is 41.9 Å². The fraction of sp³-hybridized carbons (Fsp3) is 0.192. The summed E-state index contributed by atoms with van der Waals surface area (Å²) in [7, 11) is -4.05. The molecule has 0 spiro atoms. The highest BCUT2D eigenvalue weighted by Crippen LogP contribution is 2.27. The maximum atomic E-state index is 14.2. The molecule has 0 unspecified atom stereocenters. The first-order valence-electron chi connectivity index (χ1n) is 11.8. The topological polar surface area (TPSA) is 105 Å². The van der Waals surface area contributed by atoms with E-state index < -0.39 is 28.0 Å². The van der Waals surface area contributed by atoms with E-state index in [-0.39, 0.29) is 40.4 Å². The highest BCUT2D eigenvalue weighted by atomic mass is 35.5. The van der Waals surface area contributed by atoms with Gasteiger partial charge in [-0.2, -0.15) is 4.31 Å². The highest BCUT2D eigenvalue weighted by Gasteiger charge is 2.31. The number of rotatable bonds is 6. The Morgan fingerprint density at radius 1 is 0.974 bits per heavy atom. The minimum absolute atomic E-state index is 0.0792. The first-order chi connectivity index (χ1) is 18.2. The second-order valence-electron chi connectivity index (χ2n) is 8.72. The molecule has 4 aromatic rings. The van der Waals surface area contributed by atoms with Crippen LogP contribution in [-0.2, 0) is 21.4 Å². The molecular weight excluding hydrogens is 533 g/mol. The van der Waals surface area contributed by atoms with Crippen LogP contribution in [0, 0.1) is 5.82 Å². The van der Waals surface area contributed by atoms with E-state index in [1.807, 2.05) is 0 Å². The fourth-order valence-corrected chi connectivity index (χ4v) is 6.19. The predicted molar refractivity (Wildman–Crippen MR) is 143 cm³/mol. The van der Waals surface area contributed by atoms with Crippen molar-refractivity contribution in [2.45, 2.75) is 11.4 Å². The van der Waals surface area contributed by atoms with Gasteiger partial charge in [0, 0.05) is 49.3 Å². The Hall–Kier alpha value is -3.80. The average molecular weight is 556 g/mol. The van der Waals surface area contributed by atoms with Crippen molar-refractivity contribution in [1.82, 2.24) is 13.9 Å². The number of carbonyl (C=O) groups excluding carboxylic acids is 1. The summed E-state index contributed by atoms with van der Waals surface area (Å²) in [6, 6.07) is 15.8. The van der Waals surface area contributed by atoms with Crippen LogP contribution in [0.2, 0.25) is 5.02 Å². The van der Waals surface area contributed by atoms with Gasteiger partial charge in [0.05, 0.1) is 10.7 Å². The lowest BCUT2D eigenvalue weighted by Gasteiger charge is -2.35. The standard InChI is InChI=1S/C26H23ClFN5O4S/c27-18-9-10-24(29-15-18)30-25(34)17-32-16-23(19-5-1-2-6-20(19)26(32)35)38(36,37)33-13-11-31(12-14-33)22-8-4-3-7-21(22)28/h1-10,15-16H,11-14,17H2,(H,29,30,34). The van der Waals surface area contributed by atoms with Gasteiger partial charge in [0.1, 0.15) is 23.1 Å². The second-order valence-corrected chi connectivity index (χ2v) is 11.1. The molecule has 0 atom stereocenters. The number of fused-ring (bicyclic) bond motifs is 1. The number of para-hydroxylation sites is 1. The number of nitrogens with one attached hydrogen (secondary N) is 1. The molecule has 0 saturated carbocycles. The number of pyridine rings is 2. The van der Waals surface area contributed by atoms with Crippen LogP contribution in [0.3, 0.4) is 0 Å². The normalized spacial score (nSPS) is 14.5. The Bertz CT molecular complexity index is 1670. The molecule has 1 fully saturated rings. The third-order valence-electron chi connectivity index (χ3n) is 6.32. The first kappa shape index (κ1) is 25.8. The second kappa shape index (κ2) is 10.5. The number of anilines is 2. The zero-order valence-corrected chi connectivity index (χ0v) is 21.6. The van der Waals surface area contributed by atoms with Crippen molar-refractivity contribution in [1.29, 1.82) is 0 Å². The lowest BCUT2D eigenvalue weighted by atomic mass is 10.2. The van der Waals surface area contributed by atoms with E-state index in [2.05, 4.69) is 10.3 Å². The Labute approximate surface area is 223 Å². The number of piperazine rings is 1. The van der Waals surface area contributed by atoms with Gasteiger partial charge in [0.25, 0.3) is 5.56 Å². The molecule has 1 aliphatic heterocycles. The number of benzene rings is 2. The van der Waals surface area contributed by atoms with Crippen molar-refractivity contribution in [2.75, 3.05) is 36.4 Å². The number of aromatic nitrogens is 2. The molecule has 38 heavy (non-hydrogen) atoms. The molecule has 0 radical (unpaired) electrons. The van der Waals surface area contributed by atoms with Gasteiger partial charge in [0.2, 0.25) is 15.9 Å². The van der Waals surface area contributed by atoms with Crippen molar-refractivity contribution in [3.8, 4) is 0 Å². The summed E-state index contributed by atoms with van der Waals surface area (Å²) in [5.74, 6) is -0.679. The van der Waals surface area contributed by atoms with Gasteiger partial charge in [0.15, 0.2) is 0 Å². The van der Waals surface area contributed by atoms with Gasteiger partial charge in [-0.25, -0.2) is 17.8 Å². The van der Waals surface area contributed by atoms with E-state index in [1.54, 1.807) is 47.4 Å². The molecule has 0 bridgehead atoms. The van der Waals surface area contributed by atoms with Crippen molar-refractivity contribution in [3.63, 3.8) is 0 Å². The van der Waals surface area contributed by atoms with Crippen LogP contribution in [0.1, 0.15) is 0 Å². The summed E-state index contributed by atoms with van der Waals surface area (Å²) in [4.78, 5) is 31.5. The zero-order valence-electron chi connectivity index (χ0n) is 20.0. The predicted octanol–water partition coefficient (Wildman–Crippen LogP) is 3.34. The summed E-state index contributed by atoms with van der Waals surface area (Å²) in [5, 5.41) is 3.42. The number of hydrogen-bond donors (Lipinski definition) is 1. The summed E-state index contributed by atoms with van der Waals surface area (Å²) in [6.07, 6.45) is 2.58. The highest BCUT2D eigenvalue weighted by molar-refractivity contribution is 7.89. The molecule has 9 nitrogen and oxygen atoms in total. The summed E-state index contributed by atoms with van der Waals surface area (Å²) >= 11 is 5.82. The quantitative estimate of drug-likeness (QED) is 0.391. The molecule has 196 valence electrons. The third kappa shape index (κ3) is 5.13. The van der Waals surface area contributed by atoms with Crippen LogP contribution in [0.25, 0.3) is 10.8 Å². The Morgan fingerprint density at radius 3 is 2.34 bits per heavy atom. The lowest BCUT2D eigenvalue weighted by molar-refractivity contribution is -0.116. The zero-order chi connectivity index (χ0) is 26.9. The maximum Gasteiger partial charge on any atom is 0.258 e. The van der Waals surface area contributed by atoms with E-state index in [0.29, 0.717) is 23.8 Å². The first-order valence-corrected chi connectivity index (χ1v) is 13.6. The van der Waals surface area contributed by atoms with Crippen LogP contribution in [0.4, 0.5) is 15.9 Å². The van der Waals surface area contributed by atoms with Crippen LogP contribution >= 0.6 is 11.6 Å². The number of nitrogens with zero attached hydrogens (tertiary/aromatic N) is 4. The van der Waals surface area contributed by atoms with Crippen LogP contribution in [0.5, 0.6) is 0 Å². The number of amides is 1. The largest absolute Gasteiger partial charge is 0.367 e. The molecule has 0 aliphatic carbocycles. The molecule has 2 aromatic heterocycles. The van der Waals surface area contributed by atoms with Gasteiger partial charge < -0.3 is 14.8 Å². The van der Waals surface area contributed by atoms with E-state index in [4.69, 9.17) is 11.6 Å². The minimum Gasteiger partial charge on any atom is -0.367 e. The van der Waals surface area contributed by atoms with Crippen molar-refractivity contribution < 1.29 is 17.6 Å². The molecule has 12 heteroatoms. The molecule has 1 N–H and O–H groups in total. The maximum absolute atomic E-state index is 14.2. The average Bonchev–Trinajstić information content (AvgIpc) is 2.92. The number of sulfonamides is 1. The number of hydrogen-bond acceptors (Lipinski definition) is 6.